The molecule has 0 saturated carbocycles. The summed E-state index contributed by atoms with van der Waals surface area (Å²) in [6.45, 7) is 3.28. The van der Waals surface area contributed by atoms with Crippen molar-refractivity contribution < 1.29 is 9.18 Å². The van der Waals surface area contributed by atoms with Gasteiger partial charge in [0.25, 0.3) is 0 Å². The molecule has 1 fully saturated rings. The Labute approximate surface area is 88.7 Å². The van der Waals surface area contributed by atoms with Crippen LogP contribution in [-0.2, 0) is 4.79 Å². The standard InChI is InChI=1S/C12H14FNO/c1-9-2-3-12(11(13)6-9)14-5-4-10(7-14)8-15/h2-3,6,8,10H,4-5,7H2,1H3. The smallest absolute Gasteiger partial charge is 0.146 e. The lowest BCUT2D eigenvalue weighted by Gasteiger charge is -2.18. The average molecular weight is 207 g/mol. The fourth-order valence-electron chi connectivity index (χ4n) is 1.99. The zero-order valence-electron chi connectivity index (χ0n) is 8.74. The molecule has 15 heavy (non-hydrogen) atoms. The molecule has 1 aliphatic rings. The van der Waals surface area contributed by atoms with Crippen molar-refractivity contribution in [3.05, 3.63) is 29.6 Å². The van der Waals surface area contributed by atoms with Gasteiger partial charge in [0.2, 0.25) is 0 Å². The van der Waals surface area contributed by atoms with Crippen molar-refractivity contribution in [3.8, 4) is 0 Å². The molecule has 1 atom stereocenters. The molecule has 0 radical (unpaired) electrons. The van der Waals surface area contributed by atoms with Crippen molar-refractivity contribution in [2.45, 2.75) is 13.3 Å². The number of carbonyl (C=O) groups excluding carboxylic acids is 1. The number of nitrogens with zero attached hydrogens (tertiary/aromatic N) is 1. The maximum Gasteiger partial charge on any atom is 0.146 e. The minimum Gasteiger partial charge on any atom is -0.368 e. The summed E-state index contributed by atoms with van der Waals surface area (Å²) in [7, 11) is 0. The first kappa shape index (κ1) is 10.1. The van der Waals surface area contributed by atoms with Crippen molar-refractivity contribution in [3.63, 3.8) is 0 Å². The third kappa shape index (κ3) is 2.01. The molecule has 1 aromatic carbocycles. The molecule has 1 aliphatic heterocycles. The Morgan fingerprint density at radius 1 is 1.53 bits per heavy atom. The molecule has 1 unspecified atom stereocenters. The van der Waals surface area contributed by atoms with Gasteiger partial charge in [-0.05, 0) is 31.0 Å². The molecular formula is C12H14FNO. The molecule has 0 N–H and O–H groups in total. The van der Waals surface area contributed by atoms with Gasteiger partial charge in [0.15, 0.2) is 0 Å². The lowest BCUT2D eigenvalue weighted by molar-refractivity contribution is -0.110. The molecule has 3 heteroatoms. The van der Waals surface area contributed by atoms with Gasteiger partial charge in [-0.2, -0.15) is 0 Å². The highest BCUT2D eigenvalue weighted by Crippen LogP contribution is 2.25. The van der Waals surface area contributed by atoms with E-state index in [9.17, 15) is 9.18 Å². The van der Waals surface area contributed by atoms with E-state index in [2.05, 4.69) is 0 Å². The van der Waals surface area contributed by atoms with Crippen molar-refractivity contribution in [2.24, 2.45) is 5.92 Å². The Kier molecular flexibility index (Phi) is 2.71. The van der Waals surface area contributed by atoms with Crippen LogP contribution >= 0.6 is 0 Å². The van der Waals surface area contributed by atoms with Crippen LogP contribution in [0.5, 0.6) is 0 Å². The van der Waals surface area contributed by atoms with Gasteiger partial charge in [0.1, 0.15) is 12.1 Å². The molecule has 1 heterocycles. The maximum atomic E-state index is 13.6. The number of rotatable bonds is 2. The number of hydrogen-bond acceptors (Lipinski definition) is 2. The number of aldehydes is 1. The first-order valence-electron chi connectivity index (χ1n) is 5.17. The van der Waals surface area contributed by atoms with Gasteiger partial charge in [-0.3, -0.25) is 0 Å². The number of halogens is 1. The molecule has 0 spiro atoms. The number of anilines is 1. The van der Waals surface area contributed by atoms with Crippen LogP contribution in [0.3, 0.4) is 0 Å². The minimum atomic E-state index is -0.193. The summed E-state index contributed by atoms with van der Waals surface area (Å²) in [5.41, 5.74) is 1.53. The molecule has 1 aromatic rings. The van der Waals surface area contributed by atoms with Gasteiger partial charge >= 0.3 is 0 Å². The summed E-state index contributed by atoms with van der Waals surface area (Å²) in [6, 6.07) is 5.22. The van der Waals surface area contributed by atoms with Crippen molar-refractivity contribution in [2.75, 3.05) is 18.0 Å². The van der Waals surface area contributed by atoms with Crippen LogP contribution < -0.4 is 4.90 Å². The van der Waals surface area contributed by atoms with Crippen LogP contribution in [0.2, 0.25) is 0 Å². The van der Waals surface area contributed by atoms with Crippen LogP contribution in [0, 0.1) is 18.7 Å². The fourth-order valence-corrected chi connectivity index (χ4v) is 1.99. The van der Waals surface area contributed by atoms with Gasteiger partial charge in [-0.15, -0.1) is 0 Å². The number of aryl methyl sites for hydroxylation is 1. The van der Waals surface area contributed by atoms with E-state index < -0.39 is 0 Å². The van der Waals surface area contributed by atoms with Crippen molar-refractivity contribution in [1.29, 1.82) is 0 Å². The Bertz CT molecular complexity index is 378. The largest absolute Gasteiger partial charge is 0.368 e. The fraction of sp³-hybridized carbons (Fsp3) is 0.417. The third-order valence-corrected chi connectivity index (χ3v) is 2.86. The van der Waals surface area contributed by atoms with E-state index in [1.165, 1.54) is 6.07 Å². The van der Waals surface area contributed by atoms with E-state index in [1.54, 1.807) is 6.07 Å². The molecule has 0 aromatic heterocycles. The molecule has 80 valence electrons. The summed E-state index contributed by atoms with van der Waals surface area (Å²) in [5, 5.41) is 0. The normalized spacial score (nSPS) is 20.7. The predicted octanol–water partition coefficient (Wildman–Crippen LogP) is 2.16. The highest BCUT2D eigenvalue weighted by molar-refractivity contribution is 5.59. The highest BCUT2D eigenvalue weighted by atomic mass is 19.1. The Hall–Kier alpha value is -1.38. The van der Waals surface area contributed by atoms with Crippen molar-refractivity contribution in [1.82, 2.24) is 0 Å². The van der Waals surface area contributed by atoms with E-state index in [4.69, 9.17) is 0 Å². The molecule has 0 aliphatic carbocycles. The first-order valence-corrected chi connectivity index (χ1v) is 5.17. The van der Waals surface area contributed by atoms with Crippen LogP contribution in [-0.4, -0.2) is 19.4 Å². The third-order valence-electron chi connectivity index (χ3n) is 2.86. The Morgan fingerprint density at radius 3 is 2.93 bits per heavy atom. The van der Waals surface area contributed by atoms with E-state index in [0.29, 0.717) is 12.2 Å². The van der Waals surface area contributed by atoms with E-state index in [-0.39, 0.29) is 11.7 Å². The monoisotopic (exact) mass is 207 g/mol. The summed E-state index contributed by atoms with van der Waals surface area (Å²) in [6.07, 6.45) is 1.79. The second-order valence-electron chi connectivity index (χ2n) is 4.09. The number of benzene rings is 1. The second-order valence-corrected chi connectivity index (χ2v) is 4.09. The van der Waals surface area contributed by atoms with E-state index >= 15 is 0 Å². The van der Waals surface area contributed by atoms with Gasteiger partial charge in [-0.1, -0.05) is 6.07 Å². The highest BCUT2D eigenvalue weighted by Gasteiger charge is 2.23. The lowest BCUT2D eigenvalue weighted by Crippen LogP contribution is -2.21. The Balaban J connectivity index is 2.20. The van der Waals surface area contributed by atoms with Gasteiger partial charge in [-0.25, -0.2) is 4.39 Å². The summed E-state index contributed by atoms with van der Waals surface area (Å²) >= 11 is 0. The number of carbonyl (C=O) groups is 1. The van der Waals surface area contributed by atoms with Gasteiger partial charge in [0, 0.05) is 19.0 Å². The van der Waals surface area contributed by atoms with E-state index in [1.807, 2.05) is 17.9 Å². The van der Waals surface area contributed by atoms with Crippen LogP contribution in [0.1, 0.15) is 12.0 Å². The Morgan fingerprint density at radius 2 is 2.33 bits per heavy atom. The molecule has 2 rings (SSSR count). The molecule has 0 bridgehead atoms. The molecule has 2 nitrogen and oxygen atoms in total. The quantitative estimate of drug-likeness (QED) is 0.693. The minimum absolute atomic E-state index is 0.0608. The first-order chi connectivity index (χ1) is 7.20. The topological polar surface area (TPSA) is 20.3 Å². The second kappa shape index (κ2) is 4.01. The van der Waals surface area contributed by atoms with Crippen molar-refractivity contribution >= 4 is 12.0 Å². The van der Waals surface area contributed by atoms with Crippen LogP contribution in [0.15, 0.2) is 18.2 Å². The lowest BCUT2D eigenvalue weighted by atomic mass is 10.1. The summed E-state index contributed by atoms with van der Waals surface area (Å²) < 4.78 is 13.6. The van der Waals surface area contributed by atoms with Crippen LogP contribution in [0.25, 0.3) is 0 Å². The van der Waals surface area contributed by atoms with Gasteiger partial charge in [0.05, 0.1) is 5.69 Å². The van der Waals surface area contributed by atoms with Crippen LogP contribution in [0.4, 0.5) is 10.1 Å². The molecule has 1 saturated heterocycles. The zero-order chi connectivity index (χ0) is 10.8. The molecular weight excluding hydrogens is 193 g/mol. The average Bonchev–Trinajstić information content (AvgIpc) is 2.66. The predicted molar refractivity (Wildman–Crippen MR) is 57.5 cm³/mol. The molecule has 0 amide bonds. The zero-order valence-corrected chi connectivity index (χ0v) is 8.74. The van der Waals surface area contributed by atoms with E-state index in [0.717, 1.165) is 24.8 Å². The van der Waals surface area contributed by atoms with Gasteiger partial charge < -0.3 is 9.69 Å². The summed E-state index contributed by atoms with van der Waals surface area (Å²) in [4.78, 5) is 12.5. The maximum absolute atomic E-state index is 13.6. The SMILES string of the molecule is Cc1ccc(N2CCC(C=O)C2)c(F)c1. The number of hydrogen-bond donors (Lipinski definition) is 0. The summed E-state index contributed by atoms with van der Waals surface area (Å²) in [5.74, 6) is -0.132.